The molecule has 1 aliphatic heterocycles. The Labute approximate surface area is 152 Å². The maximum absolute atomic E-state index is 12.2. The average molecular weight is 350 g/mol. The molecule has 1 fully saturated rings. The Morgan fingerprint density at radius 1 is 1.12 bits per heavy atom. The Morgan fingerprint density at radius 3 is 2.65 bits per heavy atom. The van der Waals surface area contributed by atoms with E-state index in [0.717, 1.165) is 36.4 Å². The van der Waals surface area contributed by atoms with E-state index in [2.05, 4.69) is 22.1 Å². The number of pyridine rings is 1. The number of rotatable bonds is 4. The Kier molecular flexibility index (Phi) is 4.58. The van der Waals surface area contributed by atoms with Gasteiger partial charge in [0.2, 0.25) is 0 Å². The maximum Gasteiger partial charge on any atom is 0.252 e. The molecule has 0 amide bonds. The van der Waals surface area contributed by atoms with Crippen LogP contribution in [0.3, 0.4) is 0 Å². The maximum atomic E-state index is 12.2. The van der Waals surface area contributed by atoms with Gasteiger partial charge in [-0.1, -0.05) is 30.3 Å². The molecule has 0 bridgehead atoms. The second-order valence-corrected chi connectivity index (χ2v) is 6.53. The SMILES string of the molecule is Cn1cc(-c2cnn(Cc3ccccc3)c2)c(N2CCOCC2)cc1=O. The lowest BCUT2D eigenvalue weighted by atomic mass is 10.1. The smallest absolute Gasteiger partial charge is 0.252 e. The Morgan fingerprint density at radius 2 is 1.88 bits per heavy atom. The largest absolute Gasteiger partial charge is 0.378 e. The predicted octanol–water partition coefficient (Wildman–Crippen LogP) is 2.13. The van der Waals surface area contributed by atoms with Crippen molar-refractivity contribution < 1.29 is 4.74 Å². The van der Waals surface area contributed by atoms with Crippen LogP contribution in [0.2, 0.25) is 0 Å². The molecule has 6 heteroatoms. The number of anilines is 1. The van der Waals surface area contributed by atoms with E-state index in [0.29, 0.717) is 13.2 Å². The number of benzene rings is 1. The molecule has 0 radical (unpaired) electrons. The molecule has 0 spiro atoms. The van der Waals surface area contributed by atoms with E-state index in [-0.39, 0.29) is 5.56 Å². The zero-order chi connectivity index (χ0) is 17.9. The number of morpholine rings is 1. The molecule has 134 valence electrons. The van der Waals surface area contributed by atoms with Gasteiger partial charge in [-0.15, -0.1) is 0 Å². The number of hydrogen-bond donors (Lipinski definition) is 0. The number of nitrogens with zero attached hydrogens (tertiary/aromatic N) is 4. The van der Waals surface area contributed by atoms with E-state index in [1.54, 1.807) is 17.7 Å². The van der Waals surface area contributed by atoms with E-state index in [4.69, 9.17) is 4.74 Å². The van der Waals surface area contributed by atoms with Crippen LogP contribution < -0.4 is 10.5 Å². The third-order valence-electron chi connectivity index (χ3n) is 4.69. The summed E-state index contributed by atoms with van der Waals surface area (Å²) in [6.45, 7) is 3.67. The molecule has 0 N–H and O–H groups in total. The minimum Gasteiger partial charge on any atom is -0.378 e. The van der Waals surface area contributed by atoms with E-state index in [1.807, 2.05) is 41.5 Å². The van der Waals surface area contributed by atoms with Gasteiger partial charge in [0.1, 0.15) is 0 Å². The van der Waals surface area contributed by atoms with Crippen LogP contribution in [0.15, 0.2) is 59.8 Å². The highest BCUT2D eigenvalue weighted by molar-refractivity contribution is 5.77. The average Bonchev–Trinajstić information content (AvgIpc) is 3.13. The standard InChI is InChI=1S/C20H22N4O2/c1-22-15-18(19(11-20(22)25)23-7-9-26-10-8-23)17-12-21-24(14-17)13-16-5-3-2-4-6-16/h2-6,11-12,14-15H,7-10,13H2,1H3. The van der Waals surface area contributed by atoms with Crippen molar-refractivity contribution in [3.05, 3.63) is 70.9 Å². The second kappa shape index (κ2) is 7.17. The number of ether oxygens (including phenoxy) is 1. The fraction of sp³-hybridized carbons (Fsp3) is 0.300. The molecule has 1 aromatic carbocycles. The molecule has 0 aliphatic carbocycles. The lowest BCUT2D eigenvalue weighted by Crippen LogP contribution is -2.37. The first-order valence-electron chi connectivity index (χ1n) is 8.81. The summed E-state index contributed by atoms with van der Waals surface area (Å²) in [5.41, 5.74) is 4.19. The van der Waals surface area contributed by atoms with Crippen LogP contribution in [0.4, 0.5) is 5.69 Å². The molecule has 4 rings (SSSR count). The van der Waals surface area contributed by atoms with Gasteiger partial charge in [-0.2, -0.15) is 5.10 Å². The minimum absolute atomic E-state index is 0.00748. The summed E-state index contributed by atoms with van der Waals surface area (Å²) in [6.07, 6.45) is 5.81. The molecule has 3 heterocycles. The number of aromatic nitrogens is 3. The lowest BCUT2D eigenvalue weighted by Gasteiger charge is -2.30. The quantitative estimate of drug-likeness (QED) is 0.723. The molecule has 2 aromatic heterocycles. The van der Waals surface area contributed by atoms with Crippen LogP contribution in [0.5, 0.6) is 0 Å². The van der Waals surface area contributed by atoms with E-state index in [9.17, 15) is 4.79 Å². The van der Waals surface area contributed by atoms with Gasteiger partial charge in [0.05, 0.1) is 31.6 Å². The van der Waals surface area contributed by atoms with Gasteiger partial charge in [0.25, 0.3) is 5.56 Å². The number of hydrogen-bond acceptors (Lipinski definition) is 4. The highest BCUT2D eigenvalue weighted by atomic mass is 16.5. The van der Waals surface area contributed by atoms with Crippen LogP contribution in [0.25, 0.3) is 11.1 Å². The minimum atomic E-state index is -0.00748. The van der Waals surface area contributed by atoms with Gasteiger partial charge in [-0.3, -0.25) is 9.48 Å². The van der Waals surface area contributed by atoms with Crippen LogP contribution in [-0.4, -0.2) is 40.7 Å². The lowest BCUT2D eigenvalue weighted by molar-refractivity contribution is 0.122. The van der Waals surface area contributed by atoms with Crippen LogP contribution in [-0.2, 0) is 18.3 Å². The van der Waals surface area contributed by atoms with Gasteiger partial charge in [0, 0.05) is 49.7 Å². The summed E-state index contributed by atoms with van der Waals surface area (Å²) in [5, 5.41) is 4.51. The van der Waals surface area contributed by atoms with E-state index in [1.165, 1.54) is 5.56 Å². The molecule has 0 saturated carbocycles. The van der Waals surface area contributed by atoms with Crippen LogP contribution in [0.1, 0.15) is 5.56 Å². The zero-order valence-electron chi connectivity index (χ0n) is 14.8. The third kappa shape index (κ3) is 3.41. The molecule has 3 aromatic rings. The van der Waals surface area contributed by atoms with Gasteiger partial charge >= 0.3 is 0 Å². The predicted molar refractivity (Wildman–Crippen MR) is 101 cm³/mol. The first-order valence-corrected chi connectivity index (χ1v) is 8.81. The highest BCUT2D eigenvalue weighted by Crippen LogP contribution is 2.29. The monoisotopic (exact) mass is 350 g/mol. The summed E-state index contributed by atoms with van der Waals surface area (Å²) in [7, 11) is 1.78. The summed E-state index contributed by atoms with van der Waals surface area (Å²) in [4.78, 5) is 14.4. The van der Waals surface area contributed by atoms with Gasteiger partial charge < -0.3 is 14.2 Å². The molecule has 26 heavy (non-hydrogen) atoms. The van der Waals surface area contributed by atoms with Gasteiger partial charge in [-0.25, -0.2) is 0 Å². The molecule has 6 nitrogen and oxygen atoms in total. The summed E-state index contributed by atoms with van der Waals surface area (Å²) in [6, 6.07) is 12.0. The van der Waals surface area contributed by atoms with Crippen molar-refractivity contribution >= 4 is 5.69 Å². The Hall–Kier alpha value is -2.86. The van der Waals surface area contributed by atoms with Crippen molar-refractivity contribution in [2.45, 2.75) is 6.54 Å². The summed E-state index contributed by atoms with van der Waals surface area (Å²) >= 11 is 0. The Balaban J connectivity index is 1.68. The van der Waals surface area contributed by atoms with Crippen molar-refractivity contribution in [3.8, 4) is 11.1 Å². The molecule has 1 saturated heterocycles. The summed E-state index contributed by atoms with van der Waals surface area (Å²) in [5.74, 6) is 0. The second-order valence-electron chi connectivity index (χ2n) is 6.53. The van der Waals surface area contributed by atoms with Crippen molar-refractivity contribution in [1.29, 1.82) is 0 Å². The zero-order valence-corrected chi connectivity index (χ0v) is 14.8. The first kappa shape index (κ1) is 16.6. The summed E-state index contributed by atoms with van der Waals surface area (Å²) < 4.78 is 9.00. The van der Waals surface area contributed by atoms with Crippen LogP contribution >= 0.6 is 0 Å². The van der Waals surface area contributed by atoms with Gasteiger partial charge in [0.15, 0.2) is 0 Å². The first-order chi connectivity index (χ1) is 12.7. The van der Waals surface area contributed by atoms with E-state index < -0.39 is 0 Å². The fourth-order valence-electron chi connectivity index (χ4n) is 3.27. The third-order valence-corrected chi connectivity index (χ3v) is 4.69. The van der Waals surface area contributed by atoms with Crippen molar-refractivity contribution in [1.82, 2.24) is 14.3 Å². The van der Waals surface area contributed by atoms with Crippen molar-refractivity contribution in [3.63, 3.8) is 0 Å². The molecule has 0 atom stereocenters. The molecule has 1 aliphatic rings. The fourth-order valence-corrected chi connectivity index (χ4v) is 3.27. The number of aryl methyl sites for hydroxylation is 1. The Bertz CT molecular complexity index is 940. The van der Waals surface area contributed by atoms with Crippen LogP contribution in [0, 0.1) is 0 Å². The molecule has 0 unspecified atom stereocenters. The topological polar surface area (TPSA) is 52.3 Å². The van der Waals surface area contributed by atoms with E-state index >= 15 is 0 Å². The van der Waals surface area contributed by atoms with Crippen molar-refractivity contribution in [2.24, 2.45) is 7.05 Å². The molecular weight excluding hydrogens is 328 g/mol. The van der Waals surface area contributed by atoms with Gasteiger partial charge in [-0.05, 0) is 5.56 Å². The normalized spacial score (nSPS) is 14.6. The highest BCUT2D eigenvalue weighted by Gasteiger charge is 2.18. The van der Waals surface area contributed by atoms with Crippen molar-refractivity contribution in [2.75, 3.05) is 31.2 Å². The molecular formula is C20H22N4O2.